The van der Waals surface area contributed by atoms with E-state index in [9.17, 15) is 12.8 Å². The molecule has 0 radical (unpaired) electrons. The van der Waals surface area contributed by atoms with E-state index in [0.29, 0.717) is 17.9 Å². The van der Waals surface area contributed by atoms with Crippen LogP contribution in [0, 0.1) is 5.82 Å². The number of piperidine rings is 1. The smallest absolute Gasteiger partial charge is 0.229 e. The highest BCUT2D eigenvalue weighted by Gasteiger charge is 2.43. The second kappa shape index (κ2) is 8.61. The fraction of sp³-hybridized carbons (Fsp3) is 0.478. The van der Waals surface area contributed by atoms with E-state index in [0.717, 1.165) is 55.5 Å². The van der Waals surface area contributed by atoms with Crippen molar-refractivity contribution in [3.8, 4) is 0 Å². The first-order valence-corrected chi connectivity index (χ1v) is 13.3. The number of benzene rings is 1. The summed E-state index contributed by atoms with van der Waals surface area (Å²) in [4.78, 5) is 15.6. The first kappa shape index (κ1) is 22.7. The number of rotatable bonds is 6. The van der Waals surface area contributed by atoms with Crippen LogP contribution in [0.2, 0.25) is 0 Å². The number of hydrogen-bond acceptors (Lipinski definition) is 9. The van der Waals surface area contributed by atoms with Gasteiger partial charge in [-0.1, -0.05) is 19.0 Å². The van der Waals surface area contributed by atoms with Crippen molar-refractivity contribution >= 4 is 27.2 Å². The van der Waals surface area contributed by atoms with Crippen LogP contribution in [0.15, 0.2) is 40.0 Å². The van der Waals surface area contributed by atoms with Crippen LogP contribution in [0.5, 0.6) is 0 Å². The highest BCUT2D eigenvalue weighted by Crippen LogP contribution is 2.44. The third kappa shape index (κ3) is 4.36. The molecule has 2 unspecified atom stereocenters. The van der Waals surface area contributed by atoms with Crippen molar-refractivity contribution in [3.63, 3.8) is 0 Å². The minimum Gasteiger partial charge on any atom is -0.350 e. The number of sulfone groups is 1. The first-order chi connectivity index (χ1) is 16.2. The van der Waals surface area contributed by atoms with Crippen LogP contribution in [-0.2, 0) is 9.84 Å². The summed E-state index contributed by atoms with van der Waals surface area (Å²) in [5, 5.41) is 7.07. The Morgan fingerprint density at radius 2 is 1.88 bits per heavy atom. The van der Waals surface area contributed by atoms with Gasteiger partial charge < -0.3 is 14.7 Å². The van der Waals surface area contributed by atoms with E-state index in [2.05, 4.69) is 30.3 Å². The zero-order valence-electron chi connectivity index (χ0n) is 19.3. The van der Waals surface area contributed by atoms with Crippen LogP contribution >= 0.6 is 0 Å². The summed E-state index contributed by atoms with van der Waals surface area (Å²) in [5.41, 5.74) is 0.149. The number of fused-ring (bicyclic) bond motifs is 2. The minimum atomic E-state index is -3.48. The highest BCUT2D eigenvalue weighted by atomic mass is 32.2. The molecule has 1 aromatic carbocycles. The monoisotopic (exact) mass is 486 g/mol. The molecule has 4 heterocycles. The Bertz CT molecular complexity index is 1300. The number of anilines is 3. The molecule has 2 aliphatic rings. The molecule has 0 amide bonds. The molecule has 0 saturated carbocycles. The second-order valence-corrected chi connectivity index (χ2v) is 11.4. The van der Waals surface area contributed by atoms with E-state index < -0.39 is 15.7 Å². The van der Waals surface area contributed by atoms with E-state index in [1.807, 2.05) is 13.8 Å². The van der Waals surface area contributed by atoms with Crippen LogP contribution in [0.4, 0.5) is 21.7 Å². The third-order valence-electron chi connectivity index (χ3n) is 6.60. The van der Waals surface area contributed by atoms with Gasteiger partial charge in [0.1, 0.15) is 23.8 Å². The molecule has 180 valence electrons. The molecule has 2 saturated heterocycles. The van der Waals surface area contributed by atoms with Crippen molar-refractivity contribution in [2.75, 3.05) is 16.5 Å². The number of nitrogens with one attached hydrogen (secondary N) is 1. The maximum absolute atomic E-state index is 14.5. The normalized spacial score (nSPS) is 22.4. The van der Waals surface area contributed by atoms with Crippen molar-refractivity contribution in [3.05, 3.63) is 48.1 Å². The van der Waals surface area contributed by atoms with E-state index >= 15 is 0 Å². The fourth-order valence-electron chi connectivity index (χ4n) is 4.92. The van der Waals surface area contributed by atoms with Gasteiger partial charge in [0, 0.05) is 36.2 Å². The zero-order chi connectivity index (χ0) is 24.0. The molecule has 1 N–H and O–H groups in total. The molecule has 2 aromatic heterocycles. The predicted octanol–water partition coefficient (Wildman–Crippen LogP) is 4.18. The van der Waals surface area contributed by atoms with Crippen molar-refractivity contribution in [1.29, 1.82) is 0 Å². The van der Waals surface area contributed by atoms with Gasteiger partial charge in [0.25, 0.3) is 0 Å². The van der Waals surface area contributed by atoms with Crippen LogP contribution in [0.1, 0.15) is 63.1 Å². The maximum atomic E-state index is 14.5. The van der Waals surface area contributed by atoms with Crippen molar-refractivity contribution in [2.45, 2.75) is 68.3 Å². The molecule has 2 fully saturated rings. The topological polar surface area (TPSA) is 114 Å². The summed E-state index contributed by atoms with van der Waals surface area (Å²) < 4.78 is 43.4. The van der Waals surface area contributed by atoms with E-state index in [-0.39, 0.29) is 22.4 Å². The van der Waals surface area contributed by atoms with E-state index in [4.69, 9.17) is 4.52 Å². The SMILES string of the molecule is CC(C)c1noc(C2CC3CCC(C2)N3c2cc(Nc3ccc(S(C)(=O)=O)cc3F)ncn2)n1. The molecule has 2 bridgehead atoms. The Kier molecular flexibility index (Phi) is 5.75. The van der Waals surface area contributed by atoms with Gasteiger partial charge in [-0.15, -0.1) is 0 Å². The Morgan fingerprint density at radius 3 is 2.50 bits per heavy atom. The average Bonchev–Trinajstić information content (AvgIpc) is 3.38. The van der Waals surface area contributed by atoms with Gasteiger partial charge in [-0.05, 0) is 43.9 Å². The summed E-state index contributed by atoms with van der Waals surface area (Å²) in [6, 6.07) is 6.18. The quantitative estimate of drug-likeness (QED) is 0.548. The fourth-order valence-corrected chi connectivity index (χ4v) is 5.56. The molecule has 2 atom stereocenters. The van der Waals surface area contributed by atoms with Gasteiger partial charge in [0.2, 0.25) is 5.89 Å². The molecule has 0 aliphatic carbocycles. The third-order valence-corrected chi connectivity index (χ3v) is 7.72. The van der Waals surface area contributed by atoms with Gasteiger partial charge >= 0.3 is 0 Å². The lowest BCUT2D eigenvalue weighted by Crippen LogP contribution is -2.43. The molecule has 9 nitrogen and oxygen atoms in total. The molecular weight excluding hydrogens is 459 g/mol. The lowest BCUT2D eigenvalue weighted by molar-refractivity contribution is 0.304. The average molecular weight is 487 g/mol. The molecule has 5 rings (SSSR count). The molecule has 11 heteroatoms. The van der Waals surface area contributed by atoms with Crippen molar-refractivity contribution < 1.29 is 17.3 Å². The van der Waals surface area contributed by atoms with Gasteiger partial charge in [0.05, 0.1) is 10.6 Å². The Labute approximate surface area is 197 Å². The summed E-state index contributed by atoms with van der Waals surface area (Å²) in [6.45, 7) is 4.10. The summed E-state index contributed by atoms with van der Waals surface area (Å²) in [6.07, 6.45) is 6.43. The summed E-state index contributed by atoms with van der Waals surface area (Å²) in [7, 11) is -3.48. The molecular formula is C23H27FN6O3S. The Hall–Kier alpha value is -3.08. The van der Waals surface area contributed by atoms with Crippen LogP contribution in [-0.4, -0.2) is 46.9 Å². The highest BCUT2D eigenvalue weighted by molar-refractivity contribution is 7.90. The molecule has 34 heavy (non-hydrogen) atoms. The number of aromatic nitrogens is 4. The van der Waals surface area contributed by atoms with Crippen molar-refractivity contribution in [1.82, 2.24) is 20.1 Å². The van der Waals surface area contributed by atoms with Crippen molar-refractivity contribution in [2.24, 2.45) is 0 Å². The second-order valence-electron chi connectivity index (χ2n) is 9.41. The largest absolute Gasteiger partial charge is 0.350 e. The number of halogens is 1. The number of nitrogens with zero attached hydrogens (tertiary/aromatic N) is 5. The Balaban J connectivity index is 1.33. The maximum Gasteiger partial charge on any atom is 0.229 e. The predicted molar refractivity (Wildman–Crippen MR) is 124 cm³/mol. The lowest BCUT2D eigenvalue weighted by Gasteiger charge is -2.38. The molecule has 2 aliphatic heterocycles. The molecule has 0 spiro atoms. The molecule has 3 aromatic rings. The van der Waals surface area contributed by atoms with E-state index in [1.165, 1.54) is 18.5 Å². The zero-order valence-corrected chi connectivity index (χ0v) is 20.1. The summed E-state index contributed by atoms with van der Waals surface area (Å²) >= 11 is 0. The van der Waals surface area contributed by atoms with Gasteiger partial charge in [-0.2, -0.15) is 4.98 Å². The standard InChI is InChI=1S/C23H27FN6O3S/c1-13(2)22-28-23(33-29-22)14-8-15-4-5-16(9-14)30(15)21-11-20(25-12-26-21)27-19-7-6-17(10-18(19)24)34(3,31)32/h6-7,10-16H,4-5,8-9H2,1-3H3,(H,25,26,27). The van der Waals surface area contributed by atoms with Gasteiger partial charge in [-0.3, -0.25) is 0 Å². The van der Waals surface area contributed by atoms with Gasteiger partial charge in [0.15, 0.2) is 15.7 Å². The number of hydrogen-bond donors (Lipinski definition) is 1. The van der Waals surface area contributed by atoms with E-state index in [1.54, 1.807) is 6.07 Å². The minimum absolute atomic E-state index is 0.0693. The first-order valence-electron chi connectivity index (χ1n) is 11.4. The van der Waals surface area contributed by atoms with Crippen LogP contribution < -0.4 is 10.2 Å². The van der Waals surface area contributed by atoms with Gasteiger partial charge in [-0.25, -0.2) is 22.8 Å². The Morgan fingerprint density at radius 1 is 1.15 bits per heavy atom. The lowest BCUT2D eigenvalue weighted by atomic mass is 9.90. The summed E-state index contributed by atoms with van der Waals surface area (Å²) in [5.74, 6) is 2.49. The van der Waals surface area contributed by atoms with Crippen LogP contribution in [0.3, 0.4) is 0 Å². The van der Waals surface area contributed by atoms with Crippen LogP contribution in [0.25, 0.3) is 0 Å².